The second-order valence-electron chi connectivity index (χ2n) is 6.02. The molecule has 2 amide bonds. The van der Waals surface area contributed by atoms with E-state index >= 15 is 0 Å². The first-order valence-corrected chi connectivity index (χ1v) is 8.45. The van der Waals surface area contributed by atoms with Crippen molar-refractivity contribution < 1.29 is 9.59 Å². The first kappa shape index (κ1) is 21.7. The number of likely N-dealkylation sites (N-methyl/N-ethyl adjacent to an activating group) is 1. The number of nitrogens with one attached hydrogen (secondary N) is 3. The van der Waals surface area contributed by atoms with E-state index in [2.05, 4.69) is 16.0 Å². The predicted molar refractivity (Wildman–Crippen MR) is 107 cm³/mol. The highest BCUT2D eigenvalue weighted by molar-refractivity contribution is 5.97. The minimum Gasteiger partial charge on any atom is -0.353 e. The summed E-state index contributed by atoms with van der Waals surface area (Å²) in [4.78, 5) is 25.0. The largest absolute Gasteiger partial charge is 0.353 e. The van der Waals surface area contributed by atoms with Gasteiger partial charge in [0.15, 0.2) is 0 Å². The highest BCUT2D eigenvalue weighted by Crippen LogP contribution is 2.06. The second kappa shape index (κ2) is 11.3. The number of hydrogen-bond acceptors (Lipinski definition) is 3. The average Bonchev–Trinajstić information content (AvgIpc) is 2.66. The Morgan fingerprint density at radius 2 is 1.54 bits per heavy atom. The number of rotatable bonds is 8. The van der Waals surface area contributed by atoms with Crippen molar-refractivity contribution in [1.82, 2.24) is 16.0 Å². The first-order valence-electron chi connectivity index (χ1n) is 8.45. The zero-order chi connectivity index (χ0) is 18.1. The summed E-state index contributed by atoms with van der Waals surface area (Å²) in [7, 11) is 1.84. The van der Waals surface area contributed by atoms with Crippen LogP contribution in [0.4, 0.5) is 0 Å². The van der Waals surface area contributed by atoms with E-state index in [1.165, 1.54) is 0 Å². The van der Waals surface area contributed by atoms with Gasteiger partial charge >= 0.3 is 0 Å². The smallest absolute Gasteiger partial charge is 0.251 e. The number of carbonyl (C=O) groups is 2. The van der Waals surface area contributed by atoms with E-state index in [1.807, 2.05) is 50.4 Å². The molecule has 2 aromatic rings. The molecular formula is C20H26ClN3O2. The zero-order valence-electron chi connectivity index (χ0n) is 15.1. The quantitative estimate of drug-likeness (QED) is 0.662. The summed E-state index contributed by atoms with van der Waals surface area (Å²) in [6.45, 7) is 2.48. The van der Waals surface area contributed by atoms with Gasteiger partial charge in [-0.25, -0.2) is 0 Å². The van der Waals surface area contributed by atoms with Crippen molar-refractivity contribution in [2.75, 3.05) is 13.6 Å². The fourth-order valence-electron chi connectivity index (χ4n) is 2.37. The van der Waals surface area contributed by atoms with E-state index in [0.29, 0.717) is 18.5 Å². The topological polar surface area (TPSA) is 70.2 Å². The van der Waals surface area contributed by atoms with Crippen LogP contribution in [0.25, 0.3) is 0 Å². The Morgan fingerprint density at radius 3 is 2.12 bits per heavy atom. The lowest BCUT2D eigenvalue weighted by atomic mass is 10.0. The minimum absolute atomic E-state index is 0. The summed E-state index contributed by atoms with van der Waals surface area (Å²) in [6, 6.07) is 18.1. The summed E-state index contributed by atoms with van der Waals surface area (Å²) in [5.74, 6) is -0.436. The number of hydrogen-bond donors (Lipinski definition) is 3. The molecule has 0 spiro atoms. The van der Waals surface area contributed by atoms with Crippen LogP contribution in [0.1, 0.15) is 22.8 Å². The SMILES string of the molecule is CNC(C)CNC(=O)C(Cc1ccccc1)NC(=O)c1ccccc1.Cl. The lowest BCUT2D eigenvalue weighted by molar-refractivity contribution is -0.123. The lowest BCUT2D eigenvalue weighted by Crippen LogP contribution is -2.50. The standard InChI is InChI=1S/C20H25N3O2.ClH/c1-15(21-2)14-22-20(25)18(13-16-9-5-3-6-10-16)23-19(24)17-11-7-4-8-12-17;/h3-12,15,18,21H,13-14H2,1-2H3,(H,22,25)(H,23,24);1H. The van der Waals surface area contributed by atoms with Crippen molar-refractivity contribution in [3.63, 3.8) is 0 Å². The summed E-state index contributed by atoms with van der Waals surface area (Å²) >= 11 is 0. The van der Waals surface area contributed by atoms with E-state index in [-0.39, 0.29) is 30.3 Å². The zero-order valence-corrected chi connectivity index (χ0v) is 15.9. The lowest BCUT2D eigenvalue weighted by Gasteiger charge is -2.20. The van der Waals surface area contributed by atoms with Crippen LogP contribution in [-0.4, -0.2) is 37.5 Å². The molecule has 2 rings (SSSR count). The Balaban J connectivity index is 0.00000338. The molecule has 0 saturated heterocycles. The van der Waals surface area contributed by atoms with Crippen molar-refractivity contribution in [3.8, 4) is 0 Å². The fourth-order valence-corrected chi connectivity index (χ4v) is 2.37. The second-order valence-corrected chi connectivity index (χ2v) is 6.02. The van der Waals surface area contributed by atoms with E-state index < -0.39 is 6.04 Å². The normalized spacial score (nSPS) is 12.4. The molecule has 3 N–H and O–H groups in total. The molecule has 26 heavy (non-hydrogen) atoms. The molecular weight excluding hydrogens is 350 g/mol. The van der Waals surface area contributed by atoms with Gasteiger partial charge in [0.1, 0.15) is 6.04 Å². The van der Waals surface area contributed by atoms with Gasteiger partial charge in [0.2, 0.25) is 5.91 Å². The van der Waals surface area contributed by atoms with Gasteiger partial charge in [-0.2, -0.15) is 0 Å². The number of amides is 2. The van der Waals surface area contributed by atoms with Gasteiger partial charge in [-0.1, -0.05) is 48.5 Å². The molecule has 0 aliphatic rings. The molecule has 0 aliphatic carbocycles. The number of benzene rings is 2. The molecule has 0 aromatic heterocycles. The molecule has 0 bridgehead atoms. The monoisotopic (exact) mass is 375 g/mol. The van der Waals surface area contributed by atoms with Crippen LogP contribution in [-0.2, 0) is 11.2 Å². The van der Waals surface area contributed by atoms with E-state index in [4.69, 9.17) is 0 Å². The third kappa shape index (κ3) is 6.86. The average molecular weight is 376 g/mol. The van der Waals surface area contributed by atoms with Gasteiger partial charge < -0.3 is 16.0 Å². The summed E-state index contributed by atoms with van der Waals surface area (Å²) in [5.41, 5.74) is 1.54. The predicted octanol–water partition coefficient (Wildman–Crippen LogP) is 2.17. The molecule has 0 saturated carbocycles. The van der Waals surface area contributed by atoms with Crippen molar-refractivity contribution in [2.45, 2.75) is 25.4 Å². The molecule has 0 heterocycles. The van der Waals surface area contributed by atoms with Gasteiger partial charge in [0, 0.05) is 24.6 Å². The summed E-state index contributed by atoms with van der Waals surface area (Å²) < 4.78 is 0. The summed E-state index contributed by atoms with van der Waals surface area (Å²) in [5, 5.41) is 8.82. The maximum absolute atomic E-state index is 12.6. The maximum atomic E-state index is 12.6. The van der Waals surface area contributed by atoms with E-state index in [0.717, 1.165) is 5.56 Å². The highest BCUT2D eigenvalue weighted by atomic mass is 35.5. The molecule has 6 heteroatoms. The van der Waals surface area contributed by atoms with Gasteiger partial charge in [-0.15, -0.1) is 12.4 Å². The Morgan fingerprint density at radius 1 is 0.962 bits per heavy atom. The van der Waals surface area contributed by atoms with Gasteiger partial charge in [-0.3, -0.25) is 9.59 Å². The third-order valence-electron chi connectivity index (χ3n) is 4.02. The van der Waals surface area contributed by atoms with Gasteiger partial charge in [0.05, 0.1) is 0 Å². The Hall–Kier alpha value is -2.37. The molecule has 2 unspecified atom stereocenters. The van der Waals surface area contributed by atoms with Crippen LogP contribution in [0.15, 0.2) is 60.7 Å². The molecule has 0 aliphatic heterocycles. The number of halogens is 1. The molecule has 0 fully saturated rings. The third-order valence-corrected chi connectivity index (χ3v) is 4.02. The fraction of sp³-hybridized carbons (Fsp3) is 0.300. The molecule has 0 radical (unpaired) electrons. The van der Waals surface area contributed by atoms with Crippen LogP contribution in [0.2, 0.25) is 0 Å². The van der Waals surface area contributed by atoms with Gasteiger partial charge in [-0.05, 0) is 31.7 Å². The molecule has 2 atom stereocenters. The van der Waals surface area contributed by atoms with Crippen molar-refractivity contribution >= 4 is 24.2 Å². The van der Waals surface area contributed by atoms with Crippen LogP contribution in [0, 0.1) is 0 Å². The van der Waals surface area contributed by atoms with Crippen LogP contribution >= 0.6 is 12.4 Å². The van der Waals surface area contributed by atoms with Crippen LogP contribution < -0.4 is 16.0 Å². The van der Waals surface area contributed by atoms with Crippen molar-refractivity contribution in [2.24, 2.45) is 0 Å². The van der Waals surface area contributed by atoms with Crippen LogP contribution in [0.3, 0.4) is 0 Å². The van der Waals surface area contributed by atoms with E-state index in [1.54, 1.807) is 24.3 Å². The van der Waals surface area contributed by atoms with Crippen molar-refractivity contribution in [1.29, 1.82) is 0 Å². The Kier molecular flexibility index (Phi) is 9.41. The molecule has 5 nitrogen and oxygen atoms in total. The van der Waals surface area contributed by atoms with E-state index in [9.17, 15) is 9.59 Å². The first-order chi connectivity index (χ1) is 12.1. The van der Waals surface area contributed by atoms with Crippen molar-refractivity contribution in [3.05, 3.63) is 71.8 Å². The van der Waals surface area contributed by atoms with Crippen LogP contribution in [0.5, 0.6) is 0 Å². The number of carbonyl (C=O) groups excluding carboxylic acids is 2. The van der Waals surface area contributed by atoms with Gasteiger partial charge in [0.25, 0.3) is 5.91 Å². The minimum atomic E-state index is -0.626. The summed E-state index contributed by atoms with van der Waals surface area (Å²) in [6.07, 6.45) is 0.444. The highest BCUT2D eigenvalue weighted by Gasteiger charge is 2.22. The maximum Gasteiger partial charge on any atom is 0.251 e. The molecule has 140 valence electrons. The Bertz CT molecular complexity index is 680. The Labute approximate surface area is 161 Å². The molecule has 2 aromatic carbocycles.